The molecule has 0 spiro atoms. The summed E-state index contributed by atoms with van der Waals surface area (Å²) >= 11 is 1.75. The summed E-state index contributed by atoms with van der Waals surface area (Å²) in [5.41, 5.74) is 2.76. The Morgan fingerprint density at radius 1 is 1.22 bits per heavy atom. The summed E-state index contributed by atoms with van der Waals surface area (Å²) < 4.78 is 14.5. The largest absolute Gasteiger partial charge is 0.350 e. The zero-order valence-electron chi connectivity index (χ0n) is 15.3. The molecule has 0 bridgehead atoms. The molecule has 6 nitrogen and oxygen atoms in total. The number of rotatable bonds is 8. The molecule has 2 N–H and O–H groups in total. The van der Waals surface area contributed by atoms with Crippen molar-refractivity contribution in [1.82, 2.24) is 15.1 Å². The van der Waals surface area contributed by atoms with Gasteiger partial charge >= 0.3 is 0 Å². The standard InChI is InChI=1S/C19H23FN4O2S/c1-2-3-4-17(25)22-19-15-11-27-12-16(15)23-24(19)10-18(26)21-9-13-5-7-14(20)8-6-13/h5-8H,2-4,9-12H2,1H3,(H,21,26)(H,22,25). The summed E-state index contributed by atoms with van der Waals surface area (Å²) in [6.07, 6.45) is 2.24. The second-order valence-electron chi connectivity index (χ2n) is 6.48. The quantitative estimate of drug-likeness (QED) is 0.726. The van der Waals surface area contributed by atoms with E-state index < -0.39 is 0 Å². The number of fused-ring (bicyclic) bond motifs is 1. The zero-order chi connectivity index (χ0) is 19.2. The molecule has 0 atom stereocenters. The van der Waals surface area contributed by atoms with E-state index in [2.05, 4.69) is 15.7 Å². The normalized spacial score (nSPS) is 12.7. The lowest BCUT2D eigenvalue weighted by Crippen LogP contribution is -2.28. The molecular formula is C19H23FN4O2S. The fourth-order valence-corrected chi connectivity index (χ4v) is 3.88. The Bertz CT molecular complexity index is 820. The highest BCUT2D eigenvalue weighted by atomic mass is 32.2. The maximum absolute atomic E-state index is 12.9. The number of aromatic nitrogens is 2. The first-order valence-corrected chi connectivity index (χ1v) is 10.2. The SMILES string of the molecule is CCCCC(=O)Nc1c2c(nn1CC(=O)NCc1ccc(F)cc1)CSC2. The molecule has 0 radical (unpaired) electrons. The first-order chi connectivity index (χ1) is 13.1. The summed E-state index contributed by atoms with van der Waals surface area (Å²) in [6.45, 7) is 2.38. The summed E-state index contributed by atoms with van der Waals surface area (Å²) in [4.78, 5) is 24.5. The lowest BCUT2D eigenvalue weighted by atomic mass is 10.2. The summed E-state index contributed by atoms with van der Waals surface area (Å²) in [5, 5.41) is 10.2. The van der Waals surface area contributed by atoms with Gasteiger partial charge in [-0.25, -0.2) is 9.07 Å². The highest BCUT2D eigenvalue weighted by Crippen LogP contribution is 2.34. The number of halogens is 1. The Morgan fingerprint density at radius 2 is 2.00 bits per heavy atom. The Kier molecular flexibility index (Phi) is 6.49. The van der Waals surface area contributed by atoms with E-state index >= 15 is 0 Å². The van der Waals surface area contributed by atoms with Crippen LogP contribution in [0.3, 0.4) is 0 Å². The van der Waals surface area contributed by atoms with E-state index in [0.717, 1.165) is 41.2 Å². The minimum absolute atomic E-state index is 0.0300. The highest BCUT2D eigenvalue weighted by molar-refractivity contribution is 7.98. The fraction of sp³-hybridized carbons (Fsp3) is 0.421. The van der Waals surface area contributed by atoms with Gasteiger partial charge in [-0.3, -0.25) is 9.59 Å². The van der Waals surface area contributed by atoms with Crippen molar-refractivity contribution in [3.05, 3.63) is 46.9 Å². The second kappa shape index (κ2) is 9.03. The van der Waals surface area contributed by atoms with E-state index in [1.807, 2.05) is 6.92 Å². The zero-order valence-corrected chi connectivity index (χ0v) is 16.1. The molecule has 0 saturated carbocycles. The average molecular weight is 390 g/mol. The number of carbonyl (C=O) groups excluding carboxylic acids is 2. The van der Waals surface area contributed by atoms with Crippen LogP contribution in [0.4, 0.5) is 10.2 Å². The van der Waals surface area contributed by atoms with Gasteiger partial charge in [0, 0.05) is 30.0 Å². The van der Waals surface area contributed by atoms with Crippen molar-refractivity contribution in [3.63, 3.8) is 0 Å². The van der Waals surface area contributed by atoms with Gasteiger partial charge in [0.15, 0.2) is 0 Å². The number of benzene rings is 1. The molecule has 8 heteroatoms. The van der Waals surface area contributed by atoms with Crippen LogP contribution in [0.15, 0.2) is 24.3 Å². The van der Waals surface area contributed by atoms with Crippen molar-refractivity contribution < 1.29 is 14.0 Å². The van der Waals surface area contributed by atoms with Gasteiger partial charge in [-0.05, 0) is 24.1 Å². The van der Waals surface area contributed by atoms with E-state index in [-0.39, 0.29) is 24.2 Å². The molecule has 27 heavy (non-hydrogen) atoms. The minimum Gasteiger partial charge on any atom is -0.350 e. The maximum atomic E-state index is 12.9. The van der Waals surface area contributed by atoms with Crippen molar-refractivity contribution >= 4 is 29.4 Å². The highest BCUT2D eigenvalue weighted by Gasteiger charge is 2.24. The number of amides is 2. The van der Waals surface area contributed by atoms with Gasteiger partial charge in [-0.15, -0.1) is 0 Å². The number of thioether (sulfide) groups is 1. The van der Waals surface area contributed by atoms with Crippen molar-refractivity contribution in [2.24, 2.45) is 0 Å². The molecule has 1 aromatic carbocycles. The Morgan fingerprint density at radius 3 is 2.74 bits per heavy atom. The average Bonchev–Trinajstić information content (AvgIpc) is 3.22. The molecule has 1 aliphatic heterocycles. The van der Waals surface area contributed by atoms with Gasteiger partial charge in [0.05, 0.1) is 5.69 Å². The molecule has 0 unspecified atom stereocenters. The lowest BCUT2D eigenvalue weighted by Gasteiger charge is -2.11. The number of carbonyl (C=O) groups is 2. The number of nitrogens with one attached hydrogen (secondary N) is 2. The number of nitrogens with zero attached hydrogens (tertiary/aromatic N) is 2. The summed E-state index contributed by atoms with van der Waals surface area (Å²) in [7, 11) is 0. The summed E-state index contributed by atoms with van der Waals surface area (Å²) in [6, 6.07) is 5.99. The topological polar surface area (TPSA) is 76.0 Å². The van der Waals surface area contributed by atoms with Crippen molar-refractivity contribution in [2.45, 2.75) is 50.8 Å². The van der Waals surface area contributed by atoms with Gasteiger partial charge in [-0.2, -0.15) is 16.9 Å². The van der Waals surface area contributed by atoms with E-state index in [1.54, 1.807) is 28.6 Å². The first-order valence-electron chi connectivity index (χ1n) is 9.04. The lowest BCUT2D eigenvalue weighted by molar-refractivity contribution is -0.122. The van der Waals surface area contributed by atoms with Crippen LogP contribution in [0.2, 0.25) is 0 Å². The van der Waals surface area contributed by atoms with Crippen molar-refractivity contribution in [1.29, 1.82) is 0 Å². The van der Waals surface area contributed by atoms with E-state index in [4.69, 9.17) is 0 Å². The van der Waals surface area contributed by atoms with E-state index in [0.29, 0.717) is 18.8 Å². The Balaban J connectivity index is 1.64. The molecule has 2 heterocycles. The molecule has 1 aromatic heterocycles. The second-order valence-corrected chi connectivity index (χ2v) is 7.46. The van der Waals surface area contributed by atoms with Gasteiger partial charge in [0.1, 0.15) is 18.2 Å². The molecule has 1 aliphatic rings. The molecule has 3 rings (SSSR count). The van der Waals surface area contributed by atoms with Crippen LogP contribution in [0.1, 0.15) is 43.0 Å². The third-order valence-electron chi connectivity index (χ3n) is 4.33. The van der Waals surface area contributed by atoms with E-state index in [9.17, 15) is 14.0 Å². The third kappa shape index (κ3) is 5.09. The van der Waals surface area contributed by atoms with Crippen LogP contribution in [0.25, 0.3) is 0 Å². The molecule has 2 aromatic rings. The van der Waals surface area contributed by atoms with Crippen LogP contribution in [-0.4, -0.2) is 21.6 Å². The Labute approximate surface area is 161 Å². The van der Waals surface area contributed by atoms with Crippen LogP contribution in [0.5, 0.6) is 0 Å². The van der Waals surface area contributed by atoms with Gasteiger partial charge in [0.2, 0.25) is 11.8 Å². The van der Waals surface area contributed by atoms with Crippen molar-refractivity contribution in [3.8, 4) is 0 Å². The first kappa shape index (κ1) is 19.4. The number of anilines is 1. The van der Waals surface area contributed by atoms with Crippen LogP contribution >= 0.6 is 11.8 Å². The minimum atomic E-state index is -0.308. The number of hydrogen-bond donors (Lipinski definition) is 2. The Hall–Kier alpha value is -2.35. The summed E-state index contributed by atoms with van der Waals surface area (Å²) in [5.74, 6) is 1.64. The van der Waals surface area contributed by atoms with E-state index in [1.165, 1.54) is 12.1 Å². The molecule has 144 valence electrons. The van der Waals surface area contributed by atoms with Crippen LogP contribution < -0.4 is 10.6 Å². The third-order valence-corrected chi connectivity index (χ3v) is 5.30. The molecule has 0 saturated heterocycles. The van der Waals surface area contributed by atoms with Crippen molar-refractivity contribution in [2.75, 3.05) is 5.32 Å². The van der Waals surface area contributed by atoms with Gasteiger partial charge in [0.25, 0.3) is 0 Å². The predicted octanol–water partition coefficient (Wildman–Crippen LogP) is 3.21. The van der Waals surface area contributed by atoms with Crippen LogP contribution in [0, 0.1) is 5.82 Å². The number of hydrogen-bond acceptors (Lipinski definition) is 4. The van der Waals surface area contributed by atoms with Crippen LogP contribution in [-0.2, 0) is 34.2 Å². The maximum Gasteiger partial charge on any atom is 0.242 e. The smallest absolute Gasteiger partial charge is 0.242 e. The predicted molar refractivity (Wildman–Crippen MR) is 104 cm³/mol. The fourth-order valence-electron chi connectivity index (χ4n) is 2.85. The number of unbranched alkanes of at least 4 members (excludes halogenated alkanes) is 1. The monoisotopic (exact) mass is 390 g/mol. The molecular weight excluding hydrogens is 367 g/mol. The van der Waals surface area contributed by atoms with Gasteiger partial charge in [-0.1, -0.05) is 25.5 Å². The molecule has 0 aliphatic carbocycles. The molecule has 2 amide bonds. The van der Waals surface area contributed by atoms with Gasteiger partial charge < -0.3 is 10.6 Å². The molecule has 0 fully saturated rings.